The van der Waals surface area contributed by atoms with Crippen LogP contribution in [-0.4, -0.2) is 4.57 Å². The van der Waals surface area contributed by atoms with Crippen LogP contribution in [-0.2, 0) is 27.1 Å². The Hall–Kier alpha value is -7.16. The summed E-state index contributed by atoms with van der Waals surface area (Å²) in [5, 5.41) is 10.1. The SMILES string of the molecule is CC(C)(C)c1cc(-c2cc(C(C)(C)C)ccc2N(c2cccc(-c3ccccc3)c2)c2ccc3ccc4c(-n5c6ccc(C(C)(C)C)cc6c6cc(C(C)(C)C)ccc65)ccc5ccc2c3c54)cc(C(C)(C)C)c1. The molecule has 11 aromatic rings. The molecule has 74 heavy (non-hydrogen) atoms. The van der Waals surface area contributed by atoms with Crippen LogP contribution in [0.4, 0.5) is 17.1 Å². The molecule has 11 rings (SSSR count). The van der Waals surface area contributed by atoms with Crippen molar-refractivity contribution >= 4 is 71.2 Å². The molecule has 0 aliphatic heterocycles. The first-order valence-corrected chi connectivity index (χ1v) is 26.9. The van der Waals surface area contributed by atoms with Gasteiger partial charge in [-0.25, -0.2) is 0 Å². The van der Waals surface area contributed by atoms with Crippen molar-refractivity contribution in [1.29, 1.82) is 0 Å². The van der Waals surface area contributed by atoms with Crippen LogP contribution in [0.15, 0.2) is 176 Å². The molecule has 0 saturated carbocycles. The molecule has 0 amide bonds. The van der Waals surface area contributed by atoms with Gasteiger partial charge in [0.2, 0.25) is 0 Å². The molecule has 0 aliphatic carbocycles. The molecule has 0 spiro atoms. The topological polar surface area (TPSA) is 8.17 Å². The lowest BCUT2D eigenvalue weighted by molar-refractivity contribution is 0.569. The summed E-state index contributed by atoms with van der Waals surface area (Å²) in [6, 6.07) is 67.9. The fourth-order valence-corrected chi connectivity index (χ4v) is 11.3. The summed E-state index contributed by atoms with van der Waals surface area (Å²) in [6.07, 6.45) is 0. The summed E-state index contributed by atoms with van der Waals surface area (Å²) in [5.74, 6) is 0. The predicted octanol–water partition coefficient (Wildman–Crippen LogP) is 21.0. The molecule has 0 fully saturated rings. The van der Waals surface area contributed by atoms with E-state index in [1.807, 2.05) is 0 Å². The Morgan fingerprint density at radius 2 is 0.784 bits per heavy atom. The number of nitrogens with zero attached hydrogens (tertiary/aromatic N) is 2. The molecule has 0 unspecified atom stereocenters. The average Bonchev–Trinajstić information content (AvgIpc) is 3.70. The maximum absolute atomic E-state index is 2.56. The van der Waals surface area contributed by atoms with Crippen molar-refractivity contribution in [2.75, 3.05) is 4.90 Å². The molecular weight excluding hydrogens is 893 g/mol. The summed E-state index contributed by atoms with van der Waals surface area (Å²) in [5.41, 5.74) is 18.5. The van der Waals surface area contributed by atoms with Crippen LogP contribution in [0.1, 0.15) is 132 Å². The van der Waals surface area contributed by atoms with Crippen LogP contribution in [0.3, 0.4) is 0 Å². The van der Waals surface area contributed by atoms with Gasteiger partial charge in [0, 0.05) is 32.8 Å². The number of hydrogen-bond acceptors (Lipinski definition) is 1. The summed E-state index contributed by atoms with van der Waals surface area (Å²) in [4.78, 5) is 2.56. The highest BCUT2D eigenvalue weighted by molar-refractivity contribution is 6.27. The van der Waals surface area contributed by atoms with Crippen molar-refractivity contribution < 1.29 is 0 Å². The molecule has 0 N–H and O–H groups in total. The summed E-state index contributed by atoms with van der Waals surface area (Å²) >= 11 is 0. The highest BCUT2D eigenvalue weighted by Crippen LogP contribution is 2.50. The number of hydrogen-bond donors (Lipinski definition) is 0. The number of rotatable bonds is 6. The number of anilines is 3. The van der Waals surface area contributed by atoms with E-state index in [1.54, 1.807) is 0 Å². The van der Waals surface area contributed by atoms with Crippen LogP contribution in [0.5, 0.6) is 0 Å². The van der Waals surface area contributed by atoms with E-state index in [1.165, 1.54) is 110 Å². The quantitative estimate of drug-likeness (QED) is 0.151. The standard InChI is InChI=1S/C72H74N2/c1-68(2,3)50-28-35-63(58(42-50)49-38-53(71(10,11)12)41-54(39-49)72(13,14)15)73(55-23-19-22-48(40-55)45-20-17-16-18-21-45)61-33-26-46-25-32-57-62(34-27-47-24-31-56(61)66(46)67(47)57)74-64-36-29-51(69(4,5)6)43-59(64)60-44-52(70(7,8)9)30-37-65(60)74/h16-44H,1-15H3. The average molecular weight is 967 g/mol. The van der Waals surface area contributed by atoms with E-state index < -0.39 is 0 Å². The minimum atomic E-state index is -0.0648. The second-order valence-corrected chi connectivity index (χ2v) is 26.4. The van der Waals surface area contributed by atoms with Crippen molar-refractivity contribution in [2.45, 2.75) is 131 Å². The molecule has 2 heteroatoms. The van der Waals surface area contributed by atoms with Gasteiger partial charge in [-0.15, -0.1) is 0 Å². The van der Waals surface area contributed by atoms with Crippen molar-refractivity contribution in [2.24, 2.45) is 0 Å². The van der Waals surface area contributed by atoms with E-state index in [-0.39, 0.29) is 27.1 Å². The molecule has 2 nitrogen and oxygen atoms in total. The van der Waals surface area contributed by atoms with E-state index in [0.717, 1.165) is 17.1 Å². The Morgan fingerprint density at radius 1 is 0.311 bits per heavy atom. The van der Waals surface area contributed by atoms with Gasteiger partial charge in [-0.1, -0.05) is 219 Å². The molecule has 372 valence electrons. The zero-order chi connectivity index (χ0) is 52.4. The maximum Gasteiger partial charge on any atom is 0.0541 e. The molecule has 0 aliphatic rings. The largest absolute Gasteiger partial charge is 0.309 e. The van der Waals surface area contributed by atoms with Gasteiger partial charge in [0.15, 0.2) is 0 Å². The molecule has 1 heterocycles. The molecule has 0 radical (unpaired) electrons. The second kappa shape index (κ2) is 17.2. The maximum atomic E-state index is 2.56. The van der Waals surface area contributed by atoms with Crippen LogP contribution in [0.25, 0.3) is 82.1 Å². The van der Waals surface area contributed by atoms with Gasteiger partial charge >= 0.3 is 0 Å². The fraction of sp³-hybridized carbons (Fsp3) is 0.278. The first-order valence-electron chi connectivity index (χ1n) is 26.9. The Labute approximate surface area is 441 Å². The highest BCUT2D eigenvalue weighted by Gasteiger charge is 2.28. The highest BCUT2D eigenvalue weighted by atomic mass is 15.1. The molecule has 0 atom stereocenters. The Balaban J connectivity index is 1.21. The third-order valence-electron chi connectivity index (χ3n) is 15.9. The minimum Gasteiger partial charge on any atom is -0.309 e. The monoisotopic (exact) mass is 967 g/mol. The van der Waals surface area contributed by atoms with Gasteiger partial charge < -0.3 is 9.47 Å². The smallest absolute Gasteiger partial charge is 0.0541 e. The zero-order valence-corrected chi connectivity index (χ0v) is 46.6. The van der Waals surface area contributed by atoms with E-state index >= 15 is 0 Å². The van der Waals surface area contributed by atoms with Crippen LogP contribution in [0, 0.1) is 0 Å². The van der Waals surface area contributed by atoms with Crippen molar-refractivity contribution in [1.82, 2.24) is 4.57 Å². The molecule has 0 bridgehead atoms. The molecule has 10 aromatic carbocycles. The Bertz CT molecular complexity index is 3850. The third-order valence-corrected chi connectivity index (χ3v) is 15.9. The number of aromatic nitrogens is 1. The van der Waals surface area contributed by atoms with Crippen molar-refractivity contribution in [3.05, 3.63) is 204 Å². The van der Waals surface area contributed by atoms with Crippen LogP contribution in [0.2, 0.25) is 0 Å². The molecule has 1 aromatic heterocycles. The Kier molecular flexibility index (Phi) is 11.4. The first kappa shape index (κ1) is 49.1. The lowest BCUT2D eigenvalue weighted by Gasteiger charge is -2.32. The van der Waals surface area contributed by atoms with Crippen molar-refractivity contribution in [3.8, 4) is 27.9 Å². The van der Waals surface area contributed by atoms with Gasteiger partial charge in [0.1, 0.15) is 0 Å². The summed E-state index contributed by atoms with van der Waals surface area (Å²) in [6.45, 7) is 35.0. The second-order valence-electron chi connectivity index (χ2n) is 26.4. The third kappa shape index (κ3) is 8.55. The van der Waals surface area contributed by atoms with E-state index in [0.29, 0.717) is 0 Å². The van der Waals surface area contributed by atoms with Gasteiger partial charge in [0.25, 0.3) is 0 Å². The van der Waals surface area contributed by atoms with E-state index in [4.69, 9.17) is 0 Å². The van der Waals surface area contributed by atoms with E-state index in [9.17, 15) is 0 Å². The number of fused-ring (bicyclic) bond motifs is 3. The predicted molar refractivity (Wildman–Crippen MR) is 324 cm³/mol. The van der Waals surface area contributed by atoms with Gasteiger partial charge in [-0.05, 0) is 154 Å². The van der Waals surface area contributed by atoms with Crippen LogP contribution < -0.4 is 4.90 Å². The van der Waals surface area contributed by atoms with Gasteiger partial charge in [-0.2, -0.15) is 0 Å². The van der Waals surface area contributed by atoms with Gasteiger partial charge in [-0.3, -0.25) is 0 Å². The van der Waals surface area contributed by atoms with Gasteiger partial charge in [0.05, 0.1) is 28.1 Å². The lowest BCUT2D eigenvalue weighted by atomic mass is 9.78. The zero-order valence-electron chi connectivity index (χ0n) is 46.6. The van der Waals surface area contributed by atoms with Crippen LogP contribution >= 0.6 is 0 Å². The number of benzene rings is 10. The normalized spacial score (nSPS) is 13.1. The van der Waals surface area contributed by atoms with Crippen molar-refractivity contribution in [3.63, 3.8) is 0 Å². The first-order chi connectivity index (χ1) is 34.8. The summed E-state index contributed by atoms with van der Waals surface area (Å²) < 4.78 is 2.54. The Morgan fingerprint density at radius 3 is 1.35 bits per heavy atom. The fourth-order valence-electron chi connectivity index (χ4n) is 11.3. The van der Waals surface area contributed by atoms with E-state index in [2.05, 4.69) is 289 Å². The summed E-state index contributed by atoms with van der Waals surface area (Å²) in [7, 11) is 0. The molecule has 0 saturated heterocycles. The lowest BCUT2D eigenvalue weighted by Crippen LogP contribution is -2.18. The minimum absolute atomic E-state index is 0.0208. The molecular formula is C72H74N2.